The molecule has 100 valence electrons. The highest BCUT2D eigenvalue weighted by molar-refractivity contribution is 5.95. The molecule has 0 saturated heterocycles. The topological polar surface area (TPSA) is 84.6 Å². The van der Waals surface area contributed by atoms with Crippen LogP contribution in [0.2, 0.25) is 0 Å². The number of nitrogens with two attached hydrogens (primary N) is 1. The molecular formula is C13H20N2O3. The van der Waals surface area contributed by atoms with Crippen LogP contribution in [0.1, 0.15) is 30.6 Å². The molecule has 0 aliphatic rings. The third kappa shape index (κ3) is 3.13. The fourth-order valence-corrected chi connectivity index (χ4v) is 1.46. The first kappa shape index (κ1) is 14.3. The summed E-state index contributed by atoms with van der Waals surface area (Å²) in [7, 11) is 1.46. The largest absolute Gasteiger partial charge is 0.504 e. The van der Waals surface area contributed by atoms with Crippen LogP contribution in [0.15, 0.2) is 18.2 Å². The van der Waals surface area contributed by atoms with Crippen LogP contribution in [-0.2, 0) is 0 Å². The van der Waals surface area contributed by atoms with Gasteiger partial charge in [-0.2, -0.15) is 0 Å². The Morgan fingerprint density at radius 2 is 2.22 bits per heavy atom. The van der Waals surface area contributed by atoms with Crippen molar-refractivity contribution in [3.63, 3.8) is 0 Å². The Balaban J connectivity index is 2.88. The fraction of sp³-hybridized carbons (Fsp3) is 0.462. The van der Waals surface area contributed by atoms with Crippen LogP contribution in [0.5, 0.6) is 11.5 Å². The molecule has 0 bridgehead atoms. The second kappa shape index (κ2) is 5.73. The number of rotatable bonds is 5. The third-order valence-electron chi connectivity index (χ3n) is 3.09. The number of nitrogens with one attached hydrogen (secondary N) is 1. The summed E-state index contributed by atoms with van der Waals surface area (Å²) in [5.41, 5.74) is 5.57. The summed E-state index contributed by atoms with van der Waals surface area (Å²) in [6.07, 6.45) is 0.734. The van der Waals surface area contributed by atoms with Crippen molar-refractivity contribution in [2.75, 3.05) is 13.7 Å². The molecular weight excluding hydrogens is 232 g/mol. The van der Waals surface area contributed by atoms with Gasteiger partial charge in [-0.25, -0.2) is 0 Å². The first-order chi connectivity index (χ1) is 8.45. The van der Waals surface area contributed by atoms with Gasteiger partial charge in [0.1, 0.15) is 0 Å². The molecule has 0 heterocycles. The number of benzene rings is 1. The van der Waals surface area contributed by atoms with Crippen LogP contribution in [0.4, 0.5) is 0 Å². The van der Waals surface area contributed by atoms with Crippen LogP contribution in [-0.4, -0.2) is 30.2 Å². The molecule has 0 radical (unpaired) electrons. The van der Waals surface area contributed by atoms with Gasteiger partial charge in [-0.05, 0) is 31.5 Å². The molecule has 1 atom stereocenters. The summed E-state index contributed by atoms with van der Waals surface area (Å²) in [5.74, 6) is 0.0162. The minimum Gasteiger partial charge on any atom is -0.504 e. The molecule has 1 amide bonds. The van der Waals surface area contributed by atoms with Gasteiger partial charge in [0, 0.05) is 17.6 Å². The molecule has 18 heavy (non-hydrogen) atoms. The molecule has 5 heteroatoms. The van der Waals surface area contributed by atoms with Gasteiger partial charge in [0.15, 0.2) is 11.5 Å². The molecule has 1 unspecified atom stereocenters. The van der Waals surface area contributed by atoms with Gasteiger partial charge in [0.25, 0.3) is 5.91 Å². The highest BCUT2D eigenvalue weighted by atomic mass is 16.5. The minimum atomic E-state index is -0.438. The zero-order valence-corrected chi connectivity index (χ0v) is 11.0. The molecule has 0 aliphatic heterocycles. The summed E-state index contributed by atoms with van der Waals surface area (Å²) < 4.78 is 4.92. The number of hydrogen-bond acceptors (Lipinski definition) is 4. The van der Waals surface area contributed by atoms with E-state index in [9.17, 15) is 9.90 Å². The lowest BCUT2D eigenvalue weighted by atomic mass is 9.98. The van der Waals surface area contributed by atoms with Gasteiger partial charge in [-0.1, -0.05) is 6.92 Å². The molecule has 5 nitrogen and oxygen atoms in total. The number of phenols is 1. The van der Waals surface area contributed by atoms with Gasteiger partial charge in [0.2, 0.25) is 0 Å². The van der Waals surface area contributed by atoms with E-state index >= 15 is 0 Å². The number of ether oxygens (including phenoxy) is 1. The Kier molecular flexibility index (Phi) is 4.55. The van der Waals surface area contributed by atoms with E-state index in [2.05, 4.69) is 5.32 Å². The summed E-state index contributed by atoms with van der Waals surface area (Å²) in [6.45, 7) is 4.20. The SMILES string of the molecule is CCC(C)(CN)NC(=O)c1ccc(OC)c(O)c1. The third-order valence-corrected chi connectivity index (χ3v) is 3.09. The highest BCUT2D eigenvalue weighted by Gasteiger charge is 2.23. The maximum absolute atomic E-state index is 12.0. The van der Waals surface area contributed by atoms with Crippen molar-refractivity contribution in [1.29, 1.82) is 0 Å². The lowest BCUT2D eigenvalue weighted by molar-refractivity contribution is 0.0906. The number of hydrogen-bond donors (Lipinski definition) is 3. The Morgan fingerprint density at radius 3 is 2.67 bits per heavy atom. The first-order valence-corrected chi connectivity index (χ1v) is 5.85. The van der Waals surface area contributed by atoms with Crippen molar-refractivity contribution < 1.29 is 14.6 Å². The van der Waals surface area contributed by atoms with Crippen LogP contribution < -0.4 is 15.8 Å². The van der Waals surface area contributed by atoms with Gasteiger partial charge >= 0.3 is 0 Å². The summed E-state index contributed by atoms with van der Waals surface area (Å²) >= 11 is 0. The predicted octanol–water partition coefficient (Wildman–Crippen LogP) is 1.26. The Labute approximate surface area is 107 Å². The zero-order chi connectivity index (χ0) is 13.8. The molecule has 1 aromatic rings. The summed E-state index contributed by atoms with van der Waals surface area (Å²) in [4.78, 5) is 12.0. The molecule has 0 aliphatic carbocycles. The van der Waals surface area contributed by atoms with Crippen LogP contribution in [0, 0.1) is 0 Å². The first-order valence-electron chi connectivity index (χ1n) is 5.85. The number of aromatic hydroxyl groups is 1. The molecule has 4 N–H and O–H groups in total. The van der Waals surface area contributed by atoms with Crippen LogP contribution in [0.3, 0.4) is 0 Å². The fourth-order valence-electron chi connectivity index (χ4n) is 1.46. The number of amides is 1. The van der Waals surface area contributed by atoms with E-state index in [-0.39, 0.29) is 11.7 Å². The quantitative estimate of drug-likeness (QED) is 0.736. The predicted molar refractivity (Wildman–Crippen MR) is 69.9 cm³/mol. The maximum atomic E-state index is 12.0. The monoisotopic (exact) mass is 252 g/mol. The van der Waals surface area contributed by atoms with E-state index in [0.717, 1.165) is 6.42 Å². The van der Waals surface area contributed by atoms with Gasteiger partial charge in [0.05, 0.1) is 7.11 Å². The van der Waals surface area contributed by atoms with Crippen molar-refractivity contribution in [3.05, 3.63) is 23.8 Å². The maximum Gasteiger partial charge on any atom is 0.251 e. The number of carbonyl (C=O) groups is 1. The highest BCUT2D eigenvalue weighted by Crippen LogP contribution is 2.26. The minimum absolute atomic E-state index is 0.0592. The molecule has 0 saturated carbocycles. The average Bonchev–Trinajstić information content (AvgIpc) is 2.38. The second-order valence-electron chi connectivity index (χ2n) is 4.46. The lowest BCUT2D eigenvalue weighted by Crippen LogP contribution is -2.50. The van der Waals surface area contributed by atoms with Crippen LogP contribution >= 0.6 is 0 Å². The van der Waals surface area contributed by atoms with Crippen LogP contribution in [0.25, 0.3) is 0 Å². The summed E-state index contributed by atoms with van der Waals surface area (Å²) in [6, 6.07) is 4.53. The molecule has 1 rings (SSSR count). The number of phenolic OH excluding ortho intramolecular Hbond substituents is 1. The lowest BCUT2D eigenvalue weighted by Gasteiger charge is -2.28. The molecule has 1 aromatic carbocycles. The number of carbonyl (C=O) groups excluding carboxylic acids is 1. The van der Waals surface area contributed by atoms with Crippen molar-refractivity contribution in [1.82, 2.24) is 5.32 Å². The van der Waals surface area contributed by atoms with Gasteiger partial charge in [-0.3, -0.25) is 4.79 Å². The van der Waals surface area contributed by atoms with Gasteiger partial charge < -0.3 is 20.9 Å². The zero-order valence-electron chi connectivity index (χ0n) is 11.0. The average molecular weight is 252 g/mol. The smallest absolute Gasteiger partial charge is 0.251 e. The normalized spacial score (nSPS) is 13.8. The van der Waals surface area contributed by atoms with E-state index in [1.165, 1.54) is 13.2 Å². The standard InChI is InChI=1S/C13H20N2O3/c1-4-13(2,8-14)15-12(17)9-5-6-11(18-3)10(16)7-9/h5-7,16H,4,8,14H2,1-3H3,(H,15,17). The Hall–Kier alpha value is -1.75. The van der Waals surface area contributed by atoms with Crippen molar-refractivity contribution in [2.24, 2.45) is 5.73 Å². The van der Waals surface area contributed by atoms with Crippen molar-refractivity contribution >= 4 is 5.91 Å². The van der Waals surface area contributed by atoms with E-state index in [1.807, 2.05) is 13.8 Å². The molecule has 0 fully saturated rings. The Morgan fingerprint density at radius 1 is 1.56 bits per heavy atom. The van der Waals surface area contributed by atoms with E-state index in [1.54, 1.807) is 12.1 Å². The summed E-state index contributed by atoms with van der Waals surface area (Å²) in [5, 5.41) is 12.5. The Bertz CT molecular complexity index is 428. The number of methoxy groups -OCH3 is 1. The van der Waals surface area contributed by atoms with Crippen molar-refractivity contribution in [3.8, 4) is 11.5 Å². The van der Waals surface area contributed by atoms with Crippen molar-refractivity contribution in [2.45, 2.75) is 25.8 Å². The van der Waals surface area contributed by atoms with E-state index in [0.29, 0.717) is 17.9 Å². The van der Waals surface area contributed by atoms with E-state index in [4.69, 9.17) is 10.5 Å². The van der Waals surface area contributed by atoms with Gasteiger partial charge in [-0.15, -0.1) is 0 Å². The molecule has 0 spiro atoms. The molecule has 0 aromatic heterocycles. The van der Waals surface area contributed by atoms with E-state index < -0.39 is 5.54 Å². The second-order valence-corrected chi connectivity index (χ2v) is 4.46.